The van der Waals surface area contributed by atoms with Gasteiger partial charge in [0.1, 0.15) is 5.75 Å². The third-order valence-corrected chi connectivity index (χ3v) is 5.42. The molecule has 9 nitrogen and oxygen atoms in total. The molecule has 1 amide bonds. The van der Waals surface area contributed by atoms with E-state index in [2.05, 4.69) is 10.0 Å². The van der Waals surface area contributed by atoms with Gasteiger partial charge < -0.3 is 10.1 Å². The fourth-order valence-electron chi connectivity index (χ4n) is 2.17. The van der Waals surface area contributed by atoms with Crippen LogP contribution in [0.5, 0.6) is 5.75 Å². The van der Waals surface area contributed by atoms with Crippen molar-refractivity contribution in [1.29, 1.82) is 0 Å². The minimum atomic E-state index is -3.61. The van der Waals surface area contributed by atoms with Crippen molar-refractivity contribution in [2.75, 3.05) is 11.9 Å². The second kappa shape index (κ2) is 9.29. The van der Waals surface area contributed by atoms with Crippen LogP contribution in [0.25, 0.3) is 0 Å². The first-order valence-corrected chi connectivity index (χ1v) is 9.99. The highest BCUT2D eigenvalue weighted by Crippen LogP contribution is 2.18. The Bertz CT molecular complexity index is 944. The van der Waals surface area contributed by atoms with Gasteiger partial charge >= 0.3 is 0 Å². The highest BCUT2D eigenvalue weighted by atomic mass is 32.2. The highest BCUT2D eigenvalue weighted by Gasteiger charge is 2.16. The molecule has 2 aromatic rings. The number of nitrogens with zero attached hydrogens (tertiary/aromatic N) is 1. The molecule has 2 aromatic carbocycles. The summed E-state index contributed by atoms with van der Waals surface area (Å²) >= 11 is 0. The average Bonchev–Trinajstić information content (AvgIpc) is 2.66. The second-order valence-corrected chi connectivity index (χ2v) is 7.76. The van der Waals surface area contributed by atoms with E-state index in [1.54, 1.807) is 6.92 Å². The summed E-state index contributed by atoms with van der Waals surface area (Å²) < 4.78 is 32.3. The van der Waals surface area contributed by atoms with Gasteiger partial charge in [-0.25, -0.2) is 13.1 Å². The summed E-state index contributed by atoms with van der Waals surface area (Å²) in [6.07, 6.45) is 0.667. The van der Waals surface area contributed by atoms with Crippen molar-refractivity contribution in [1.82, 2.24) is 4.72 Å². The fraction of sp³-hybridized carbons (Fsp3) is 0.278. The summed E-state index contributed by atoms with van der Waals surface area (Å²) in [5.41, 5.74) is 0.141. The number of benzene rings is 2. The van der Waals surface area contributed by atoms with E-state index in [4.69, 9.17) is 4.74 Å². The molecule has 0 aliphatic heterocycles. The monoisotopic (exact) mass is 407 g/mol. The van der Waals surface area contributed by atoms with Crippen LogP contribution in [0.1, 0.15) is 20.3 Å². The molecule has 0 bridgehead atoms. The fourth-order valence-corrected chi connectivity index (χ4v) is 3.50. The highest BCUT2D eigenvalue weighted by molar-refractivity contribution is 7.89. The Kier molecular flexibility index (Phi) is 7.07. The van der Waals surface area contributed by atoms with E-state index >= 15 is 0 Å². The van der Waals surface area contributed by atoms with Gasteiger partial charge in [0.15, 0.2) is 6.61 Å². The Labute approximate surface area is 162 Å². The number of rotatable bonds is 9. The largest absolute Gasteiger partial charge is 0.484 e. The topological polar surface area (TPSA) is 128 Å². The van der Waals surface area contributed by atoms with Crippen molar-refractivity contribution in [2.24, 2.45) is 0 Å². The minimum Gasteiger partial charge on any atom is -0.484 e. The molecule has 2 N–H and O–H groups in total. The van der Waals surface area contributed by atoms with Crippen LogP contribution in [-0.2, 0) is 14.8 Å². The normalized spacial score (nSPS) is 12.2. The van der Waals surface area contributed by atoms with Crippen LogP contribution < -0.4 is 14.8 Å². The van der Waals surface area contributed by atoms with E-state index < -0.39 is 20.9 Å². The Balaban J connectivity index is 1.93. The van der Waals surface area contributed by atoms with Crippen molar-refractivity contribution in [3.8, 4) is 5.75 Å². The van der Waals surface area contributed by atoms with E-state index in [-0.39, 0.29) is 28.9 Å². The van der Waals surface area contributed by atoms with Crippen LogP contribution in [0.15, 0.2) is 53.4 Å². The molecule has 0 radical (unpaired) electrons. The molecule has 2 rings (SSSR count). The second-order valence-electron chi connectivity index (χ2n) is 6.05. The maximum absolute atomic E-state index is 12.2. The third kappa shape index (κ3) is 6.03. The lowest BCUT2D eigenvalue weighted by Gasteiger charge is -2.12. The molecule has 0 heterocycles. The van der Waals surface area contributed by atoms with Crippen LogP contribution in [0.3, 0.4) is 0 Å². The number of anilines is 1. The van der Waals surface area contributed by atoms with Gasteiger partial charge in [-0.05, 0) is 43.7 Å². The molecule has 0 aliphatic carbocycles. The first kappa shape index (κ1) is 21.3. The third-order valence-electron chi connectivity index (χ3n) is 3.81. The van der Waals surface area contributed by atoms with E-state index in [1.165, 1.54) is 48.5 Å². The molecule has 150 valence electrons. The molecule has 0 saturated carbocycles. The summed E-state index contributed by atoms with van der Waals surface area (Å²) in [6, 6.07) is 11.0. The lowest BCUT2D eigenvalue weighted by atomic mass is 10.3. The van der Waals surface area contributed by atoms with Gasteiger partial charge in [0.2, 0.25) is 10.0 Å². The van der Waals surface area contributed by atoms with Crippen molar-refractivity contribution in [3.05, 3.63) is 58.6 Å². The molecule has 0 spiro atoms. The zero-order valence-electron chi connectivity index (χ0n) is 15.4. The lowest BCUT2D eigenvalue weighted by molar-refractivity contribution is -0.384. The number of carbonyl (C=O) groups is 1. The van der Waals surface area contributed by atoms with Crippen molar-refractivity contribution < 1.29 is 22.9 Å². The lowest BCUT2D eigenvalue weighted by Crippen LogP contribution is -2.31. The summed E-state index contributed by atoms with van der Waals surface area (Å²) in [5, 5.41) is 13.2. The van der Waals surface area contributed by atoms with Gasteiger partial charge in [-0.15, -0.1) is 0 Å². The van der Waals surface area contributed by atoms with Gasteiger partial charge in [0.05, 0.1) is 9.82 Å². The van der Waals surface area contributed by atoms with Crippen LogP contribution in [0.2, 0.25) is 0 Å². The molecule has 28 heavy (non-hydrogen) atoms. The Hall–Kier alpha value is -2.98. The van der Waals surface area contributed by atoms with Crippen LogP contribution in [0.4, 0.5) is 11.4 Å². The van der Waals surface area contributed by atoms with Crippen LogP contribution in [0, 0.1) is 10.1 Å². The number of nitro benzene ring substituents is 1. The van der Waals surface area contributed by atoms with E-state index in [0.717, 1.165) is 0 Å². The number of nitro groups is 1. The molecule has 0 saturated heterocycles. The quantitative estimate of drug-likeness (QED) is 0.486. The number of sulfonamides is 1. The SMILES string of the molecule is CC[C@H](C)NS(=O)(=O)c1ccc(OCC(=O)Nc2cccc([N+](=O)[O-])c2)cc1. The number of amides is 1. The first-order chi connectivity index (χ1) is 13.2. The number of carbonyl (C=O) groups excluding carboxylic acids is 1. The van der Waals surface area contributed by atoms with Crippen LogP contribution in [-0.4, -0.2) is 31.9 Å². The zero-order chi connectivity index (χ0) is 20.7. The number of ether oxygens (including phenoxy) is 1. The zero-order valence-corrected chi connectivity index (χ0v) is 16.2. The average molecular weight is 407 g/mol. The molecular formula is C18H21N3O6S. The predicted molar refractivity (Wildman–Crippen MR) is 104 cm³/mol. The maximum Gasteiger partial charge on any atom is 0.271 e. The summed E-state index contributed by atoms with van der Waals surface area (Å²) in [5.74, 6) is -0.188. The predicted octanol–water partition coefficient (Wildman–Crippen LogP) is 2.69. The van der Waals surface area contributed by atoms with Crippen LogP contribution >= 0.6 is 0 Å². The summed E-state index contributed by atoms with van der Waals surface area (Å²) in [4.78, 5) is 22.2. The molecule has 10 heteroatoms. The smallest absolute Gasteiger partial charge is 0.271 e. The molecule has 0 aliphatic rings. The van der Waals surface area contributed by atoms with E-state index in [1.807, 2.05) is 6.92 Å². The van der Waals surface area contributed by atoms with Gasteiger partial charge in [-0.2, -0.15) is 0 Å². The summed E-state index contributed by atoms with van der Waals surface area (Å²) in [6.45, 7) is 3.32. The number of hydrogen-bond donors (Lipinski definition) is 2. The number of nitrogens with one attached hydrogen (secondary N) is 2. The Morgan fingerprint density at radius 3 is 2.50 bits per heavy atom. The molecular weight excluding hydrogens is 386 g/mol. The first-order valence-electron chi connectivity index (χ1n) is 8.50. The Morgan fingerprint density at radius 2 is 1.89 bits per heavy atom. The molecule has 1 atom stereocenters. The van der Waals surface area contributed by atoms with E-state index in [0.29, 0.717) is 12.2 Å². The van der Waals surface area contributed by atoms with E-state index in [9.17, 15) is 23.3 Å². The molecule has 0 fully saturated rings. The van der Waals surface area contributed by atoms with Gasteiger partial charge in [-0.3, -0.25) is 14.9 Å². The minimum absolute atomic E-state index is 0.0983. The van der Waals surface area contributed by atoms with Crippen molar-refractivity contribution >= 4 is 27.3 Å². The molecule has 0 unspecified atom stereocenters. The van der Waals surface area contributed by atoms with Gasteiger partial charge in [0, 0.05) is 23.9 Å². The number of hydrogen-bond acceptors (Lipinski definition) is 6. The van der Waals surface area contributed by atoms with Gasteiger partial charge in [-0.1, -0.05) is 13.0 Å². The van der Waals surface area contributed by atoms with Gasteiger partial charge in [0.25, 0.3) is 11.6 Å². The molecule has 0 aromatic heterocycles. The maximum atomic E-state index is 12.2. The van der Waals surface area contributed by atoms with Crippen molar-refractivity contribution in [3.63, 3.8) is 0 Å². The number of non-ortho nitro benzene ring substituents is 1. The standard InChI is InChI=1S/C18H21N3O6S/c1-3-13(2)20-28(25,26)17-9-7-16(8-10-17)27-12-18(22)19-14-5-4-6-15(11-14)21(23)24/h4-11,13,20H,3,12H2,1-2H3,(H,19,22)/t13-/m0/s1. The Morgan fingerprint density at radius 1 is 1.21 bits per heavy atom. The van der Waals surface area contributed by atoms with Crippen molar-refractivity contribution in [2.45, 2.75) is 31.2 Å². The summed E-state index contributed by atoms with van der Waals surface area (Å²) in [7, 11) is -3.61.